The average molecular weight is 371 g/mol. The number of carbonyl (C=O) groups excluding carboxylic acids is 1. The van der Waals surface area contributed by atoms with E-state index >= 15 is 0 Å². The van der Waals surface area contributed by atoms with Crippen molar-refractivity contribution < 1.29 is 36.6 Å². The Labute approximate surface area is 145 Å². The molecule has 0 aromatic heterocycles. The first-order chi connectivity index (χ1) is 12.2. The first kappa shape index (κ1) is 17.8. The summed E-state index contributed by atoms with van der Waals surface area (Å²) >= 11 is 0. The fourth-order valence-electron chi connectivity index (χ4n) is 2.86. The molecule has 0 saturated heterocycles. The summed E-state index contributed by atoms with van der Waals surface area (Å²) in [5, 5.41) is 0. The van der Waals surface area contributed by atoms with Crippen LogP contribution in [0.25, 0.3) is 11.1 Å². The molecular weight excluding hydrogens is 358 g/mol. The fraction of sp³-hybridized carbons (Fsp3) is 0.235. The molecule has 0 bridgehead atoms. The van der Waals surface area contributed by atoms with Crippen LogP contribution < -0.4 is 15.2 Å². The predicted octanol–water partition coefficient (Wildman–Crippen LogP) is 3.70. The van der Waals surface area contributed by atoms with E-state index in [2.05, 4.69) is 4.74 Å². The molecule has 2 N–H and O–H groups in total. The van der Waals surface area contributed by atoms with E-state index in [1.165, 1.54) is 13.2 Å². The van der Waals surface area contributed by atoms with Crippen molar-refractivity contribution in [1.82, 2.24) is 0 Å². The van der Waals surface area contributed by atoms with Crippen molar-refractivity contribution in [3.8, 4) is 22.6 Å². The van der Waals surface area contributed by atoms with Crippen LogP contribution in [-0.2, 0) is 11.2 Å². The van der Waals surface area contributed by atoms with E-state index in [1.807, 2.05) is 0 Å². The minimum absolute atomic E-state index is 0.0270. The number of anilines is 1. The van der Waals surface area contributed by atoms with Crippen molar-refractivity contribution in [2.24, 2.45) is 0 Å². The van der Waals surface area contributed by atoms with Crippen molar-refractivity contribution in [2.45, 2.75) is 12.8 Å². The number of hydrogen-bond acceptors (Lipinski definition) is 5. The van der Waals surface area contributed by atoms with Crippen molar-refractivity contribution in [2.75, 3.05) is 19.5 Å². The second-order valence-electron chi connectivity index (χ2n) is 5.48. The van der Waals surface area contributed by atoms with Gasteiger partial charge in [0.25, 0.3) is 0 Å². The van der Waals surface area contributed by atoms with Gasteiger partial charge in [0.15, 0.2) is 0 Å². The van der Waals surface area contributed by atoms with Gasteiger partial charge in [-0.2, -0.15) is 0 Å². The Morgan fingerprint density at radius 1 is 1.23 bits per heavy atom. The topological polar surface area (TPSA) is 70.8 Å². The first-order valence-electron chi connectivity index (χ1n) is 7.43. The highest BCUT2D eigenvalue weighted by Gasteiger charge is 2.32. The van der Waals surface area contributed by atoms with Crippen molar-refractivity contribution >= 4 is 11.7 Å². The molecule has 1 aliphatic rings. The zero-order valence-corrected chi connectivity index (χ0v) is 13.4. The molecule has 2 aromatic rings. The van der Waals surface area contributed by atoms with Gasteiger partial charge >= 0.3 is 12.3 Å². The number of esters is 1. The first-order valence-corrected chi connectivity index (χ1v) is 7.43. The molecule has 0 radical (unpaired) electrons. The molecule has 0 saturated carbocycles. The average Bonchev–Trinajstić information content (AvgIpc) is 3.01. The number of nitrogens with two attached hydrogens (primary N) is 1. The van der Waals surface area contributed by atoms with E-state index in [-0.39, 0.29) is 34.7 Å². The zero-order chi connectivity index (χ0) is 19.1. The highest BCUT2D eigenvalue weighted by atomic mass is 19.4. The van der Waals surface area contributed by atoms with Crippen LogP contribution in [0, 0.1) is 5.82 Å². The van der Waals surface area contributed by atoms with E-state index in [0.29, 0.717) is 18.1 Å². The van der Waals surface area contributed by atoms with Gasteiger partial charge in [0, 0.05) is 34.9 Å². The smallest absolute Gasteiger partial charge is 0.492 e. The van der Waals surface area contributed by atoms with Gasteiger partial charge in [0.2, 0.25) is 0 Å². The van der Waals surface area contributed by atoms with E-state index in [4.69, 9.17) is 15.2 Å². The SMILES string of the molecule is COC(=O)c1c(N)cc(-c2ccc(OC(F)(F)F)cc2F)c2c1CCO2. The number of methoxy groups -OCH3 is 1. The molecule has 3 rings (SSSR count). The molecule has 26 heavy (non-hydrogen) atoms. The van der Waals surface area contributed by atoms with Gasteiger partial charge < -0.3 is 19.9 Å². The summed E-state index contributed by atoms with van der Waals surface area (Å²) in [4.78, 5) is 11.9. The molecule has 0 atom stereocenters. The Balaban J connectivity index is 2.10. The van der Waals surface area contributed by atoms with Crippen LogP contribution in [0.2, 0.25) is 0 Å². The third-order valence-corrected chi connectivity index (χ3v) is 3.86. The summed E-state index contributed by atoms with van der Waals surface area (Å²) in [6, 6.07) is 4.07. The Morgan fingerprint density at radius 3 is 2.58 bits per heavy atom. The van der Waals surface area contributed by atoms with Crippen LogP contribution in [0.3, 0.4) is 0 Å². The molecular formula is C17H13F4NO4. The second-order valence-corrected chi connectivity index (χ2v) is 5.48. The monoisotopic (exact) mass is 371 g/mol. The Morgan fingerprint density at radius 2 is 1.96 bits per heavy atom. The predicted molar refractivity (Wildman–Crippen MR) is 83.5 cm³/mol. The van der Waals surface area contributed by atoms with Crippen LogP contribution >= 0.6 is 0 Å². The normalized spacial score (nSPS) is 13.1. The van der Waals surface area contributed by atoms with Gasteiger partial charge in [0.1, 0.15) is 17.3 Å². The molecule has 2 aromatic carbocycles. The summed E-state index contributed by atoms with van der Waals surface area (Å²) in [5.41, 5.74) is 6.80. The molecule has 0 unspecified atom stereocenters. The third kappa shape index (κ3) is 3.24. The molecule has 0 fully saturated rings. The number of hydrogen-bond donors (Lipinski definition) is 1. The van der Waals surface area contributed by atoms with Crippen LogP contribution in [0.5, 0.6) is 11.5 Å². The standard InChI is InChI=1S/C17H13F4NO4/c1-24-16(23)14-10-4-5-25-15(10)11(7-13(14)22)9-3-2-8(6-12(9)18)26-17(19,20)21/h2-3,6-7H,4-5,22H2,1H3. The Bertz CT molecular complexity index is 880. The summed E-state index contributed by atoms with van der Waals surface area (Å²) < 4.78 is 65.1. The highest BCUT2D eigenvalue weighted by molar-refractivity contribution is 6.00. The lowest BCUT2D eigenvalue weighted by molar-refractivity contribution is -0.274. The van der Waals surface area contributed by atoms with Gasteiger partial charge in [-0.05, 0) is 18.2 Å². The number of alkyl halides is 3. The molecule has 0 spiro atoms. The van der Waals surface area contributed by atoms with Crippen LogP contribution in [-0.4, -0.2) is 26.0 Å². The van der Waals surface area contributed by atoms with E-state index in [9.17, 15) is 22.4 Å². The third-order valence-electron chi connectivity index (χ3n) is 3.86. The number of carbonyl (C=O) groups is 1. The minimum atomic E-state index is -4.93. The van der Waals surface area contributed by atoms with Gasteiger partial charge in [-0.25, -0.2) is 9.18 Å². The van der Waals surface area contributed by atoms with E-state index in [0.717, 1.165) is 12.1 Å². The number of ether oxygens (including phenoxy) is 3. The van der Waals surface area contributed by atoms with Gasteiger partial charge in [0.05, 0.1) is 19.3 Å². The maximum Gasteiger partial charge on any atom is 0.573 e. The van der Waals surface area contributed by atoms with Crippen molar-refractivity contribution in [1.29, 1.82) is 0 Å². The van der Waals surface area contributed by atoms with Crippen molar-refractivity contribution in [3.63, 3.8) is 0 Å². The molecule has 5 nitrogen and oxygen atoms in total. The minimum Gasteiger partial charge on any atom is -0.492 e. The number of benzene rings is 2. The molecule has 0 amide bonds. The molecule has 1 heterocycles. The fourth-order valence-corrected chi connectivity index (χ4v) is 2.86. The van der Waals surface area contributed by atoms with Crippen LogP contribution in [0.1, 0.15) is 15.9 Å². The number of nitrogen functional groups attached to an aromatic ring is 1. The number of fused-ring (bicyclic) bond motifs is 1. The second kappa shape index (κ2) is 6.40. The summed E-state index contributed by atoms with van der Waals surface area (Å²) in [5.74, 6) is -2.03. The van der Waals surface area contributed by atoms with Gasteiger partial charge in [-0.3, -0.25) is 0 Å². The maximum absolute atomic E-state index is 14.4. The Hall–Kier alpha value is -2.97. The summed E-state index contributed by atoms with van der Waals surface area (Å²) in [6.45, 7) is 0.257. The lowest BCUT2D eigenvalue weighted by Gasteiger charge is -2.15. The molecule has 0 aliphatic carbocycles. The highest BCUT2D eigenvalue weighted by Crippen LogP contribution is 2.43. The quantitative estimate of drug-likeness (QED) is 0.506. The van der Waals surface area contributed by atoms with E-state index in [1.54, 1.807) is 0 Å². The number of rotatable bonds is 3. The van der Waals surface area contributed by atoms with Gasteiger partial charge in [-0.1, -0.05) is 0 Å². The summed E-state index contributed by atoms with van der Waals surface area (Å²) in [6.07, 6.45) is -4.56. The van der Waals surface area contributed by atoms with Crippen molar-refractivity contribution in [3.05, 3.63) is 41.2 Å². The molecule has 9 heteroatoms. The lowest BCUT2D eigenvalue weighted by atomic mass is 9.95. The zero-order valence-electron chi connectivity index (χ0n) is 13.4. The number of halogens is 4. The lowest BCUT2D eigenvalue weighted by Crippen LogP contribution is -2.17. The van der Waals surface area contributed by atoms with Gasteiger partial charge in [-0.15, -0.1) is 13.2 Å². The molecule has 138 valence electrons. The summed E-state index contributed by atoms with van der Waals surface area (Å²) in [7, 11) is 1.21. The Kier molecular flexibility index (Phi) is 4.39. The van der Waals surface area contributed by atoms with Crippen LogP contribution in [0.4, 0.5) is 23.2 Å². The maximum atomic E-state index is 14.4. The molecule has 1 aliphatic heterocycles. The largest absolute Gasteiger partial charge is 0.573 e. The van der Waals surface area contributed by atoms with Crippen LogP contribution in [0.15, 0.2) is 24.3 Å². The van der Waals surface area contributed by atoms with E-state index < -0.39 is 23.9 Å².